The number of benzene rings is 1. The third kappa shape index (κ3) is 3.45. The van der Waals surface area contributed by atoms with Crippen LogP contribution in [-0.4, -0.2) is 25.0 Å². The van der Waals surface area contributed by atoms with Crippen molar-refractivity contribution in [1.82, 2.24) is 4.90 Å². The predicted molar refractivity (Wildman–Crippen MR) is 57.0 cm³/mol. The van der Waals surface area contributed by atoms with E-state index in [-0.39, 0.29) is 0 Å². The van der Waals surface area contributed by atoms with E-state index in [2.05, 4.69) is 10.2 Å². The highest BCUT2D eigenvalue weighted by molar-refractivity contribution is 5.87. The molecule has 0 saturated carbocycles. The molecule has 0 bridgehead atoms. The zero-order valence-electron chi connectivity index (χ0n) is 8.45. The first-order valence-electron chi connectivity index (χ1n) is 4.38. The van der Waals surface area contributed by atoms with Gasteiger partial charge in [-0.1, -0.05) is 12.1 Å². The van der Waals surface area contributed by atoms with Gasteiger partial charge in [0.25, 0.3) is 0 Å². The number of nitrogens with one attached hydrogen (secondary N) is 1. The van der Waals surface area contributed by atoms with Gasteiger partial charge < -0.3 is 16.0 Å². The molecular weight excluding hydrogens is 178 g/mol. The van der Waals surface area contributed by atoms with Crippen LogP contribution in [0, 0.1) is 0 Å². The molecule has 0 radical (unpaired) electrons. The smallest absolute Gasteiger partial charge is 0.316 e. The molecule has 0 aromatic heterocycles. The summed E-state index contributed by atoms with van der Waals surface area (Å²) in [5, 5.41) is 2.54. The average Bonchev–Trinajstić information content (AvgIpc) is 2.01. The van der Waals surface area contributed by atoms with Crippen LogP contribution < -0.4 is 11.1 Å². The Hall–Kier alpha value is -1.55. The molecule has 3 N–H and O–H groups in total. The minimum atomic E-state index is -0.535. The monoisotopic (exact) mass is 193 g/mol. The summed E-state index contributed by atoms with van der Waals surface area (Å²) in [6, 6.07) is 7.08. The highest BCUT2D eigenvalue weighted by atomic mass is 16.2. The van der Waals surface area contributed by atoms with Gasteiger partial charge in [-0.25, -0.2) is 4.79 Å². The van der Waals surface area contributed by atoms with Gasteiger partial charge in [-0.05, 0) is 31.8 Å². The number of anilines is 1. The summed E-state index contributed by atoms with van der Waals surface area (Å²) in [5.41, 5.74) is 6.89. The molecule has 76 valence electrons. The second kappa shape index (κ2) is 4.62. The summed E-state index contributed by atoms with van der Waals surface area (Å²) in [5.74, 6) is 0. The second-order valence-corrected chi connectivity index (χ2v) is 3.43. The fourth-order valence-corrected chi connectivity index (χ4v) is 1.25. The van der Waals surface area contributed by atoms with Gasteiger partial charge in [-0.3, -0.25) is 0 Å². The number of urea groups is 1. The number of amides is 2. The Bertz CT molecular complexity index is 323. The number of carbonyl (C=O) groups is 1. The van der Waals surface area contributed by atoms with Gasteiger partial charge in [0.2, 0.25) is 0 Å². The average molecular weight is 193 g/mol. The maximum atomic E-state index is 10.6. The molecule has 0 heterocycles. The fourth-order valence-electron chi connectivity index (χ4n) is 1.25. The van der Waals surface area contributed by atoms with E-state index in [1.807, 2.05) is 38.4 Å². The maximum Gasteiger partial charge on any atom is 0.316 e. The van der Waals surface area contributed by atoms with Gasteiger partial charge in [0.05, 0.1) is 0 Å². The maximum absolute atomic E-state index is 10.6. The summed E-state index contributed by atoms with van der Waals surface area (Å²) in [7, 11) is 3.99. The zero-order valence-corrected chi connectivity index (χ0v) is 8.45. The van der Waals surface area contributed by atoms with Crippen molar-refractivity contribution in [2.75, 3.05) is 19.4 Å². The lowest BCUT2D eigenvalue weighted by atomic mass is 10.2. The molecule has 1 aromatic carbocycles. The first-order valence-corrected chi connectivity index (χ1v) is 4.38. The quantitative estimate of drug-likeness (QED) is 0.758. The molecule has 1 aromatic rings. The molecule has 0 aliphatic carbocycles. The van der Waals surface area contributed by atoms with Crippen molar-refractivity contribution in [2.45, 2.75) is 6.54 Å². The Morgan fingerprint density at radius 3 is 2.79 bits per heavy atom. The van der Waals surface area contributed by atoms with E-state index in [1.54, 1.807) is 0 Å². The third-order valence-corrected chi connectivity index (χ3v) is 1.69. The van der Waals surface area contributed by atoms with Crippen LogP contribution in [0.15, 0.2) is 24.3 Å². The van der Waals surface area contributed by atoms with Crippen molar-refractivity contribution < 1.29 is 4.79 Å². The van der Waals surface area contributed by atoms with Gasteiger partial charge in [0, 0.05) is 12.2 Å². The van der Waals surface area contributed by atoms with E-state index < -0.39 is 6.03 Å². The highest BCUT2D eigenvalue weighted by Gasteiger charge is 1.98. The Kier molecular flexibility index (Phi) is 3.48. The van der Waals surface area contributed by atoms with Crippen LogP contribution in [0.4, 0.5) is 10.5 Å². The van der Waals surface area contributed by atoms with Gasteiger partial charge in [-0.15, -0.1) is 0 Å². The van der Waals surface area contributed by atoms with Gasteiger partial charge in [0.15, 0.2) is 0 Å². The van der Waals surface area contributed by atoms with Crippen LogP contribution in [0.25, 0.3) is 0 Å². The molecule has 0 atom stereocenters. The number of nitrogens with zero attached hydrogens (tertiary/aromatic N) is 1. The number of hydrogen-bond acceptors (Lipinski definition) is 2. The summed E-state index contributed by atoms with van der Waals surface area (Å²) < 4.78 is 0. The number of carbonyl (C=O) groups excluding carboxylic acids is 1. The highest BCUT2D eigenvalue weighted by Crippen LogP contribution is 2.11. The minimum Gasteiger partial charge on any atom is -0.351 e. The second-order valence-electron chi connectivity index (χ2n) is 3.43. The molecular formula is C10H15N3O. The third-order valence-electron chi connectivity index (χ3n) is 1.69. The van der Waals surface area contributed by atoms with Crippen LogP contribution in [-0.2, 0) is 6.54 Å². The molecule has 1 rings (SSSR count). The number of rotatable bonds is 3. The summed E-state index contributed by atoms with van der Waals surface area (Å²) in [6.07, 6.45) is 0. The summed E-state index contributed by atoms with van der Waals surface area (Å²) in [6.45, 7) is 0.842. The van der Waals surface area contributed by atoms with Crippen molar-refractivity contribution in [3.63, 3.8) is 0 Å². The molecule has 0 unspecified atom stereocenters. The van der Waals surface area contributed by atoms with Crippen LogP contribution in [0.5, 0.6) is 0 Å². The van der Waals surface area contributed by atoms with Crippen molar-refractivity contribution in [2.24, 2.45) is 5.73 Å². The molecule has 0 spiro atoms. The molecule has 0 aliphatic heterocycles. The lowest BCUT2D eigenvalue weighted by molar-refractivity contribution is 0.259. The van der Waals surface area contributed by atoms with E-state index in [0.29, 0.717) is 0 Å². The molecule has 0 fully saturated rings. The van der Waals surface area contributed by atoms with Crippen molar-refractivity contribution in [3.05, 3.63) is 29.8 Å². The minimum absolute atomic E-state index is 0.535. The normalized spacial score (nSPS) is 10.2. The van der Waals surface area contributed by atoms with E-state index in [1.165, 1.54) is 0 Å². The van der Waals surface area contributed by atoms with Gasteiger partial charge in [0.1, 0.15) is 0 Å². The first kappa shape index (κ1) is 10.5. The standard InChI is InChI=1S/C10H15N3O/c1-13(2)7-8-4-3-5-9(6-8)12-10(11)14/h3-6H,7H2,1-2H3,(H3,11,12,14). The van der Waals surface area contributed by atoms with Gasteiger partial charge in [-0.2, -0.15) is 0 Å². The van der Waals surface area contributed by atoms with Crippen molar-refractivity contribution >= 4 is 11.7 Å². The Morgan fingerprint density at radius 2 is 2.21 bits per heavy atom. The molecule has 4 nitrogen and oxygen atoms in total. The SMILES string of the molecule is CN(C)Cc1cccc(NC(N)=O)c1. The summed E-state index contributed by atoms with van der Waals surface area (Å²) >= 11 is 0. The predicted octanol–water partition coefficient (Wildman–Crippen LogP) is 1.24. The largest absolute Gasteiger partial charge is 0.351 e. The Labute approximate surface area is 83.7 Å². The van der Waals surface area contributed by atoms with E-state index in [9.17, 15) is 4.79 Å². The van der Waals surface area contributed by atoms with Crippen LogP contribution >= 0.6 is 0 Å². The molecule has 14 heavy (non-hydrogen) atoms. The first-order chi connectivity index (χ1) is 6.58. The van der Waals surface area contributed by atoms with Crippen LogP contribution in [0.3, 0.4) is 0 Å². The topological polar surface area (TPSA) is 58.4 Å². The molecule has 0 aliphatic rings. The summed E-state index contributed by atoms with van der Waals surface area (Å²) in [4.78, 5) is 12.7. The molecule has 4 heteroatoms. The van der Waals surface area contributed by atoms with Crippen LogP contribution in [0.2, 0.25) is 0 Å². The molecule has 0 saturated heterocycles. The van der Waals surface area contributed by atoms with Gasteiger partial charge >= 0.3 is 6.03 Å². The van der Waals surface area contributed by atoms with E-state index in [0.717, 1.165) is 17.8 Å². The fraction of sp³-hybridized carbons (Fsp3) is 0.300. The number of hydrogen-bond donors (Lipinski definition) is 2. The Balaban J connectivity index is 2.73. The number of nitrogens with two attached hydrogens (primary N) is 1. The van der Waals surface area contributed by atoms with Crippen LogP contribution in [0.1, 0.15) is 5.56 Å². The lowest BCUT2D eigenvalue weighted by Gasteiger charge is -2.10. The van der Waals surface area contributed by atoms with E-state index >= 15 is 0 Å². The van der Waals surface area contributed by atoms with Crippen molar-refractivity contribution in [1.29, 1.82) is 0 Å². The lowest BCUT2D eigenvalue weighted by Crippen LogP contribution is -2.19. The molecule has 2 amide bonds. The van der Waals surface area contributed by atoms with Crippen molar-refractivity contribution in [3.8, 4) is 0 Å². The number of primary amides is 1. The zero-order chi connectivity index (χ0) is 10.6. The Morgan fingerprint density at radius 1 is 1.50 bits per heavy atom. The van der Waals surface area contributed by atoms with E-state index in [4.69, 9.17) is 5.73 Å².